The summed E-state index contributed by atoms with van der Waals surface area (Å²) in [6, 6.07) is 19.5. The Bertz CT molecular complexity index is 631. The molecule has 1 saturated carbocycles. The molecule has 0 aliphatic heterocycles. The van der Waals surface area contributed by atoms with Crippen LogP contribution in [0.15, 0.2) is 60.7 Å². The van der Waals surface area contributed by atoms with Crippen LogP contribution in [0.5, 0.6) is 0 Å². The van der Waals surface area contributed by atoms with E-state index in [1.807, 2.05) is 60.7 Å². The Balaban J connectivity index is 1.48. The molecule has 134 valence electrons. The first-order valence-corrected chi connectivity index (χ1v) is 8.78. The van der Waals surface area contributed by atoms with Crippen LogP contribution in [0.25, 0.3) is 0 Å². The van der Waals surface area contributed by atoms with Crippen LogP contribution in [0.2, 0.25) is 0 Å². The maximum Gasteiger partial charge on any atom is 0.253 e. The van der Waals surface area contributed by atoms with E-state index in [1.165, 1.54) is 0 Å². The predicted molar refractivity (Wildman–Crippen MR) is 93.4 cm³/mol. The van der Waals surface area contributed by atoms with Crippen molar-refractivity contribution in [2.75, 3.05) is 6.61 Å². The SMILES string of the molecule is FC1(F)CC[C@@H](OCc2ccccc2)C[C@H]1COCc1ccccc1. The van der Waals surface area contributed by atoms with Gasteiger partial charge in [-0.25, -0.2) is 8.78 Å². The van der Waals surface area contributed by atoms with Crippen molar-refractivity contribution in [1.82, 2.24) is 0 Å². The minimum absolute atomic E-state index is 0.0626. The fraction of sp³-hybridized carbons (Fsp3) is 0.429. The van der Waals surface area contributed by atoms with Crippen molar-refractivity contribution in [3.8, 4) is 0 Å². The summed E-state index contributed by atoms with van der Waals surface area (Å²) in [6.07, 6.45) is 0.472. The van der Waals surface area contributed by atoms with Crippen LogP contribution in [0.1, 0.15) is 30.4 Å². The molecular weight excluding hydrogens is 322 g/mol. The normalized spacial score (nSPS) is 22.6. The van der Waals surface area contributed by atoms with Gasteiger partial charge in [0.25, 0.3) is 5.92 Å². The molecule has 2 nitrogen and oxygen atoms in total. The van der Waals surface area contributed by atoms with E-state index in [0.29, 0.717) is 26.1 Å². The van der Waals surface area contributed by atoms with Gasteiger partial charge >= 0.3 is 0 Å². The second kappa shape index (κ2) is 8.54. The molecule has 4 heteroatoms. The molecule has 1 fully saturated rings. The van der Waals surface area contributed by atoms with Gasteiger partial charge < -0.3 is 9.47 Å². The van der Waals surface area contributed by atoms with Gasteiger partial charge in [0, 0.05) is 12.3 Å². The average Bonchev–Trinajstić information content (AvgIpc) is 2.64. The monoisotopic (exact) mass is 346 g/mol. The fourth-order valence-corrected chi connectivity index (χ4v) is 3.19. The van der Waals surface area contributed by atoms with Crippen molar-refractivity contribution in [2.45, 2.75) is 44.5 Å². The molecule has 2 aromatic rings. The van der Waals surface area contributed by atoms with E-state index in [1.54, 1.807) is 0 Å². The van der Waals surface area contributed by atoms with Gasteiger partial charge in [-0.2, -0.15) is 0 Å². The van der Waals surface area contributed by atoms with Gasteiger partial charge in [0.1, 0.15) is 0 Å². The van der Waals surface area contributed by atoms with Gasteiger partial charge in [0.05, 0.1) is 25.9 Å². The van der Waals surface area contributed by atoms with Crippen LogP contribution in [-0.4, -0.2) is 18.6 Å². The quantitative estimate of drug-likeness (QED) is 0.684. The van der Waals surface area contributed by atoms with Crippen LogP contribution in [0.3, 0.4) is 0 Å². The Morgan fingerprint density at radius 2 is 1.48 bits per heavy atom. The summed E-state index contributed by atoms with van der Waals surface area (Å²) in [5.41, 5.74) is 2.07. The molecule has 0 saturated heterocycles. The Labute approximate surface area is 147 Å². The van der Waals surface area contributed by atoms with E-state index in [4.69, 9.17) is 9.47 Å². The van der Waals surface area contributed by atoms with Crippen molar-refractivity contribution in [3.05, 3.63) is 71.8 Å². The summed E-state index contributed by atoms with van der Waals surface area (Å²) in [4.78, 5) is 0. The highest BCUT2D eigenvalue weighted by Crippen LogP contribution is 2.40. The van der Waals surface area contributed by atoms with Crippen molar-refractivity contribution in [1.29, 1.82) is 0 Å². The van der Waals surface area contributed by atoms with Crippen LogP contribution in [-0.2, 0) is 22.7 Å². The third-order valence-electron chi connectivity index (χ3n) is 4.70. The first kappa shape index (κ1) is 18.0. The van der Waals surface area contributed by atoms with E-state index in [2.05, 4.69) is 0 Å². The Kier molecular flexibility index (Phi) is 6.16. The van der Waals surface area contributed by atoms with Crippen molar-refractivity contribution < 1.29 is 18.3 Å². The van der Waals surface area contributed by atoms with Crippen LogP contribution < -0.4 is 0 Å². The first-order valence-electron chi connectivity index (χ1n) is 8.78. The van der Waals surface area contributed by atoms with Gasteiger partial charge in [0.15, 0.2) is 0 Å². The van der Waals surface area contributed by atoms with Gasteiger partial charge in [-0.05, 0) is 24.0 Å². The van der Waals surface area contributed by atoms with Crippen LogP contribution >= 0.6 is 0 Å². The highest BCUT2D eigenvalue weighted by molar-refractivity contribution is 5.14. The van der Waals surface area contributed by atoms with Crippen LogP contribution in [0.4, 0.5) is 8.78 Å². The summed E-state index contributed by atoms with van der Waals surface area (Å²) in [6.45, 7) is 0.894. The number of benzene rings is 2. The molecule has 3 rings (SSSR count). The molecule has 0 aromatic heterocycles. The molecule has 25 heavy (non-hydrogen) atoms. The van der Waals surface area contributed by atoms with Gasteiger partial charge in [-0.3, -0.25) is 0 Å². The maximum atomic E-state index is 14.2. The second-order valence-electron chi connectivity index (χ2n) is 6.65. The minimum Gasteiger partial charge on any atom is -0.376 e. The highest BCUT2D eigenvalue weighted by atomic mass is 19.3. The molecule has 0 heterocycles. The summed E-state index contributed by atoms with van der Waals surface area (Å²) in [5, 5.41) is 0. The molecule has 0 radical (unpaired) electrons. The lowest BCUT2D eigenvalue weighted by Crippen LogP contribution is -2.40. The topological polar surface area (TPSA) is 18.5 Å². The molecule has 0 amide bonds. The third kappa shape index (κ3) is 5.35. The standard InChI is InChI=1S/C21H24F2O2/c22-21(23)12-11-20(25-15-18-9-5-2-6-10-18)13-19(21)16-24-14-17-7-3-1-4-8-17/h1-10,19-20H,11-16H2/t19-,20+/m0/s1. The summed E-state index contributed by atoms with van der Waals surface area (Å²) >= 11 is 0. The Hall–Kier alpha value is -1.78. The molecular formula is C21H24F2O2. The van der Waals surface area contributed by atoms with E-state index >= 15 is 0 Å². The fourth-order valence-electron chi connectivity index (χ4n) is 3.19. The number of alkyl halides is 2. The predicted octanol–water partition coefficient (Wildman–Crippen LogP) is 5.22. The van der Waals surface area contributed by atoms with E-state index in [0.717, 1.165) is 11.1 Å². The summed E-state index contributed by atoms with van der Waals surface area (Å²) in [5.74, 6) is -3.46. The number of halogens is 2. The van der Waals surface area contributed by atoms with Gasteiger partial charge in [-0.15, -0.1) is 0 Å². The van der Waals surface area contributed by atoms with Crippen LogP contribution in [0, 0.1) is 5.92 Å². The number of rotatable bonds is 7. The smallest absolute Gasteiger partial charge is 0.253 e. The van der Waals surface area contributed by atoms with E-state index in [9.17, 15) is 8.78 Å². The zero-order valence-electron chi connectivity index (χ0n) is 14.2. The van der Waals surface area contributed by atoms with Gasteiger partial charge in [0.2, 0.25) is 0 Å². The molecule has 0 unspecified atom stereocenters. The average molecular weight is 346 g/mol. The lowest BCUT2D eigenvalue weighted by Gasteiger charge is -2.35. The molecule has 0 N–H and O–H groups in total. The number of hydrogen-bond donors (Lipinski definition) is 0. The molecule has 1 aliphatic carbocycles. The van der Waals surface area contributed by atoms with E-state index < -0.39 is 11.8 Å². The summed E-state index contributed by atoms with van der Waals surface area (Å²) < 4.78 is 39.8. The van der Waals surface area contributed by atoms with Gasteiger partial charge in [-0.1, -0.05) is 60.7 Å². The molecule has 1 aliphatic rings. The number of ether oxygens (including phenoxy) is 2. The van der Waals surface area contributed by atoms with Crippen molar-refractivity contribution in [2.24, 2.45) is 5.92 Å². The lowest BCUT2D eigenvalue weighted by molar-refractivity contribution is -0.147. The Morgan fingerprint density at radius 3 is 2.12 bits per heavy atom. The molecule has 2 atom stereocenters. The zero-order chi connectivity index (χ0) is 17.5. The minimum atomic E-state index is -2.68. The first-order chi connectivity index (χ1) is 12.1. The third-order valence-corrected chi connectivity index (χ3v) is 4.70. The molecule has 0 bridgehead atoms. The Morgan fingerprint density at radius 1 is 0.880 bits per heavy atom. The van der Waals surface area contributed by atoms with Crippen molar-refractivity contribution in [3.63, 3.8) is 0 Å². The maximum absolute atomic E-state index is 14.2. The van der Waals surface area contributed by atoms with E-state index in [-0.39, 0.29) is 19.1 Å². The molecule has 2 aromatic carbocycles. The molecule has 0 spiro atoms. The summed E-state index contributed by atoms with van der Waals surface area (Å²) in [7, 11) is 0. The largest absolute Gasteiger partial charge is 0.376 e. The zero-order valence-corrected chi connectivity index (χ0v) is 14.2. The number of hydrogen-bond acceptors (Lipinski definition) is 2. The lowest BCUT2D eigenvalue weighted by atomic mass is 9.84. The second-order valence-corrected chi connectivity index (χ2v) is 6.65. The highest BCUT2D eigenvalue weighted by Gasteiger charge is 2.44. The van der Waals surface area contributed by atoms with Crippen molar-refractivity contribution >= 4 is 0 Å².